The summed E-state index contributed by atoms with van der Waals surface area (Å²) in [5.74, 6) is -0.110. The van der Waals surface area contributed by atoms with E-state index in [1.54, 1.807) is 12.2 Å². The fourth-order valence-corrected chi connectivity index (χ4v) is 2.38. The van der Waals surface area contributed by atoms with Crippen molar-refractivity contribution in [2.24, 2.45) is 16.8 Å². The van der Waals surface area contributed by atoms with Crippen molar-refractivity contribution in [3.63, 3.8) is 0 Å². The Labute approximate surface area is 124 Å². The summed E-state index contributed by atoms with van der Waals surface area (Å²) >= 11 is 0. The van der Waals surface area contributed by atoms with Gasteiger partial charge >= 0.3 is 0 Å². The second kappa shape index (κ2) is 6.63. The number of amides is 2. The van der Waals surface area contributed by atoms with Gasteiger partial charge in [-0.3, -0.25) is 9.59 Å². The maximum absolute atomic E-state index is 11.7. The molecule has 0 saturated heterocycles. The number of carbonyl (C=O) groups is 2. The van der Waals surface area contributed by atoms with Crippen LogP contribution in [0.25, 0.3) is 0 Å². The van der Waals surface area contributed by atoms with Crippen LogP contribution in [-0.2, 0) is 14.3 Å². The quantitative estimate of drug-likeness (QED) is 0.857. The van der Waals surface area contributed by atoms with E-state index in [0.29, 0.717) is 12.3 Å². The Kier molecular flexibility index (Phi) is 4.85. The van der Waals surface area contributed by atoms with E-state index in [9.17, 15) is 9.59 Å². The Bertz CT molecular complexity index is 568. The van der Waals surface area contributed by atoms with Crippen molar-refractivity contribution in [1.82, 2.24) is 5.32 Å². The molecular formula is C16H20N2O3. The van der Waals surface area contributed by atoms with Gasteiger partial charge in [-0.2, -0.15) is 0 Å². The van der Waals surface area contributed by atoms with Crippen LogP contribution in [0.4, 0.5) is 0 Å². The normalized spacial score (nSPS) is 22.8. The first-order valence-electron chi connectivity index (χ1n) is 7.12. The molecule has 1 aliphatic carbocycles. The molecule has 0 aromatic carbocycles. The monoisotopic (exact) mass is 288 g/mol. The Morgan fingerprint density at radius 2 is 2.19 bits per heavy atom. The highest BCUT2D eigenvalue weighted by atomic mass is 16.5. The van der Waals surface area contributed by atoms with Crippen molar-refractivity contribution in [2.45, 2.75) is 20.8 Å². The topological polar surface area (TPSA) is 67.8 Å². The van der Waals surface area contributed by atoms with Gasteiger partial charge in [0.1, 0.15) is 6.61 Å². The number of carbonyl (C=O) groups excluding carboxylic acids is 2. The van der Waals surface area contributed by atoms with Gasteiger partial charge in [0.25, 0.3) is 5.91 Å². The Hall–Kier alpha value is -2.01. The lowest BCUT2D eigenvalue weighted by molar-refractivity contribution is -0.122. The van der Waals surface area contributed by atoms with Crippen LogP contribution < -0.4 is 5.32 Å². The van der Waals surface area contributed by atoms with Crippen molar-refractivity contribution < 1.29 is 14.3 Å². The van der Waals surface area contributed by atoms with Crippen LogP contribution in [0.3, 0.4) is 0 Å². The van der Waals surface area contributed by atoms with Gasteiger partial charge in [-0.05, 0) is 30.6 Å². The Balaban J connectivity index is 2.19. The van der Waals surface area contributed by atoms with Gasteiger partial charge in [0.2, 0.25) is 5.91 Å². The summed E-state index contributed by atoms with van der Waals surface area (Å²) in [7, 11) is 0. The van der Waals surface area contributed by atoms with Gasteiger partial charge in [0.15, 0.2) is 0 Å². The Morgan fingerprint density at radius 1 is 1.43 bits per heavy atom. The maximum Gasteiger partial charge on any atom is 0.272 e. The van der Waals surface area contributed by atoms with E-state index in [1.807, 2.05) is 19.1 Å². The molecule has 0 aromatic rings. The third-order valence-electron chi connectivity index (χ3n) is 3.37. The van der Waals surface area contributed by atoms with Gasteiger partial charge in [-0.25, -0.2) is 4.99 Å². The van der Waals surface area contributed by atoms with Gasteiger partial charge in [0.05, 0.1) is 5.71 Å². The zero-order chi connectivity index (χ0) is 15.4. The minimum atomic E-state index is -0.325. The number of allylic oxidation sites excluding steroid dienone is 3. The van der Waals surface area contributed by atoms with Crippen molar-refractivity contribution in [1.29, 1.82) is 0 Å². The van der Waals surface area contributed by atoms with Crippen LogP contribution in [-0.4, -0.2) is 30.7 Å². The summed E-state index contributed by atoms with van der Waals surface area (Å²) in [6, 6.07) is 0. The molecule has 0 radical (unpaired) electrons. The molecule has 0 fully saturated rings. The van der Waals surface area contributed by atoms with E-state index in [0.717, 1.165) is 11.3 Å². The fraction of sp³-hybridized carbons (Fsp3) is 0.438. The molecule has 0 saturated carbocycles. The summed E-state index contributed by atoms with van der Waals surface area (Å²) in [5, 5.41) is 2.82. The van der Waals surface area contributed by atoms with E-state index in [4.69, 9.17) is 4.74 Å². The molecule has 1 N–H and O–H groups in total. The number of aliphatic imine (C=N–C) groups is 1. The zero-order valence-corrected chi connectivity index (χ0v) is 12.6. The Morgan fingerprint density at radius 3 is 2.86 bits per heavy atom. The van der Waals surface area contributed by atoms with Gasteiger partial charge < -0.3 is 10.1 Å². The van der Waals surface area contributed by atoms with Gasteiger partial charge in [0, 0.05) is 24.3 Å². The second-order valence-corrected chi connectivity index (χ2v) is 5.29. The number of hydrogen-bond acceptors (Lipinski definition) is 3. The third-order valence-corrected chi connectivity index (χ3v) is 3.37. The number of ether oxygens (including phenoxy) is 1. The van der Waals surface area contributed by atoms with Crippen LogP contribution in [0.15, 0.2) is 40.6 Å². The number of nitrogens with zero attached hydrogens (tertiary/aromatic N) is 1. The second-order valence-electron chi connectivity index (χ2n) is 5.29. The predicted molar refractivity (Wildman–Crippen MR) is 80.7 cm³/mol. The van der Waals surface area contributed by atoms with E-state index < -0.39 is 0 Å². The molecule has 0 bridgehead atoms. The lowest BCUT2D eigenvalue weighted by Gasteiger charge is -2.29. The molecule has 2 rings (SSSR count). The SMILES string of the molecule is CCOCC(=O)N=C1C=CC2C(=C1)NC(=O)C=C2C(C)C. The first-order chi connectivity index (χ1) is 10.0. The molecule has 2 aliphatic rings. The number of hydrogen-bond donors (Lipinski definition) is 1. The van der Waals surface area contributed by atoms with Crippen LogP contribution in [0.5, 0.6) is 0 Å². The number of nitrogens with one attached hydrogen (secondary N) is 1. The lowest BCUT2D eigenvalue weighted by Crippen LogP contribution is -2.34. The molecule has 1 atom stereocenters. The van der Waals surface area contributed by atoms with Crippen molar-refractivity contribution in [3.05, 3.63) is 35.6 Å². The van der Waals surface area contributed by atoms with Crippen LogP contribution >= 0.6 is 0 Å². The summed E-state index contributed by atoms with van der Waals surface area (Å²) in [5.41, 5.74) is 2.38. The van der Waals surface area contributed by atoms with E-state index in [1.165, 1.54) is 0 Å². The molecule has 1 unspecified atom stereocenters. The largest absolute Gasteiger partial charge is 0.372 e. The molecule has 5 heteroatoms. The van der Waals surface area contributed by atoms with Gasteiger partial charge in [-0.1, -0.05) is 19.9 Å². The zero-order valence-electron chi connectivity index (χ0n) is 12.6. The molecule has 5 nitrogen and oxygen atoms in total. The standard InChI is InChI=1S/C16H20N2O3/c1-4-21-9-16(20)17-11-5-6-12-13(10(2)3)8-15(19)18-14(12)7-11/h5-8,10,12H,4,9H2,1-3H3,(H,18,19). The highest BCUT2D eigenvalue weighted by Crippen LogP contribution is 2.31. The minimum absolute atomic E-state index is 0.0239. The number of rotatable bonds is 4. The van der Waals surface area contributed by atoms with Crippen molar-refractivity contribution in [2.75, 3.05) is 13.2 Å². The molecule has 1 aliphatic heterocycles. The molecule has 0 spiro atoms. The van der Waals surface area contributed by atoms with Crippen molar-refractivity contribution >= 4 is 17.5 Å². The summed E-state index contributed by atoms with van der Waals surface area (Å²) in [6.07, 6.45) is 7.18. The molecule has 21 heavy (non-hydrogen) atoms. The molecule has 1 heterocycles. The average molecular weight is 288 g/mol. The summed E-state index contributed by atoms with van der Waals surface area (Å²) in [6.45, 7) is 6.40. The van der Waals surface area contributed by atoms with Crippen LogP contribution in [0.1, 0.15) is 20.8 Å². The summed E-state index contributed by atoms with van der Waals surface area (Å²) in [4.78, 5) is 27.3. The van der Waals surface area contributed by atoms with Gasteiger partial charge in [-0.15, -0.1) is 0 Å². The third kappa shape index (κ3) is 3.76. The molecule has 112 valence electrons. The van der Waals surface area contributed by atoms with E-state index in [2.05, 4.69) is 24.2 Å². The van der Waals surface area contributed by atoms with E-state index in [-0.39, 0.29) is 30.3 Å². The van der Waals surface area contributed by atoms with Crippen molar-refractivity contribution in [3.8, 4) is 0 Å². The van der Waals surface area contributed by atoms with Crippen LogP contribution in [0.2, 0.25) is 0 Å². The first kappa shape index (κ1) is 15.4. The molecule has 2 amide bonds. The minimum Gasteiger partial charge on any atom is -0.372 e. The fourth-order valence-electron chi connectivity index (χ4n) is 2.38. The predicted octanol–water partition coefficient (Wildman–Crippen LogP) is 1.77. The first-order valence-corrected chi connectivity index (χ1v) is 7.12. The highest BCUT2D eigenvalue weighted by Gasteiger charge is 2.27. The summed E-state index contributed by atoms with van der Waals surface area (Å²) < 4.78 is 5.03. The lowest BCUT2D eigenvalue weighted by atomic mass is 9.82. The molecular weight excluding hydrogens is 268 g/mol. The van der Waals surface area contributed by atoms with Crippen LogP contribution in [0, 0.1) is 11.8 Å². The maximum atomic E-state index is 11.7. The highest BCUT2D eigenvalue weighted by molar-refractivity contribution is 6.11. The number of fused-ring (bicyclic) bond motifs is 1. The van der Waals surface area contributed by atoms with E-state index >= 15 is 0 Å². The smallest absolute Gasteiger partial charge is 0.272 e. The molecule has 0 aromatic heterocycles. The average Bonchev–Trinajstić information content (AvgIpc) is 2.43.